The minimum absolute atomic E-state index is 0.652. The predicted octanol–water partition coefficient (Wildman–Crippen LogP) is 3.60. The van der Waals surface area contributed by atoms with Crippen molar-refractivity contribution in [1.82, 2.24) is 4.72 Å². The third-order valence-electron chi connectivity index (χ3n) is 2.36. The standard InChI is InChI=1S/C14H15NOS/c1-2-17-15-9-10-16-14-8-7-12-5-3-4-6-13(12)11-14/h2-8,11,15H,1,9-10H2. The summed E-state index contributed by atoms with van der Waals surface area (Å²) >= 11 is 1.48. The Labute approximate surface area is 106 Å². The molecule has 2 aromatic rings. The van der Waals surface area contributed by atoms with Gasteiger partial charge in [-0.3, -0.25) is 4.72 Å². The third kappa shape index (κ3) is 3.51. The lowest BCUT2D eigenvalue weighted by atomic mass is 10.1. The van der Waals surface area contributed by atoms with Gasteiger partial charge >= 0.3 is 0 Å². The van der Waals surface area contributed by atoms with E-state index < -0.39 is 0 Å². The fourth-order valence-corrected chi connectivity index (χ4v) is 1.90. The molecule has 0 unspecified atom stereocenters. The van der Waals surface area contributed by atoms with Crippen molar-refractivity contribution in [3.63, 3.8) is 0 Å². The van der Waals surface area contributed by atoms with Crippen molar-refractivity contribution in [2.24, 2.45) is 0 Å². The molecule has 0 atom stereocenters. The number of hydrogen-bond acceptors (Lipinski definition) is 3. The van der Waals surface area contributed by atoms with E-state index in [1.54, 1.807) is 5.41 Å². The number of ether oxygens (including phenoxy) is 1. The van der Waals surface area contributed by atoms with Crippen molar-refractivity contribution in [2.75, 3.05) is 13.2 Å². The zero-order valence-electron chi connectivity index (χ0n) is 9.56. The van der Waals surface area contributed by atoms with Crippen molar-refractivity contribution in [3.8, 4) is 5.75 Å². The summed E-state index contributed by atoms with van der Waals surface area (Å²) in [4.78, 5) is 0. The van der Waals surface area contributed by atoms with Crippen molar-refractivity contribution in [3.05, 3.63) is 54.5 Å². The SMILES string of the molecule is C=CSNCCOc1ccc2ccccc2c1. The van der Waals surface area contributed by atoms with Gasteiger partial charge in [0.1, 0.15) is 12.4 Å². The highest BCUT2D eigenvalue weighted by molar-refractivity contribution is 8.00. The Balaban J connectivity index is 1.92. The van der Waals surface area contributed by atoms with Crippen LogP contribution >= 0.6 is 11.9 Å². The minimum Gasteiger partial charge on any atom is -0.492 e. The molecule has 0 aromatic heterocycles. The van der Waals surface area contributed by atoms with Crippen LogP contribution in [0, 0.1) is 0 Å². The number of rotatable bonds is 6. The fourth-order valence-electron chi connectivity index (χ4n) is 1.59. The van der Waals surface area contributed by atoms with E-state index in [4.69, 9.17) is 4.74 Å². The first-order valence-electron chi connectivity index (χ1n) is 5.51. The van der Waals surface area contributed by atoms with Crippen LogP contribution in [-0.4, -0.2) is 13.2 Å². The van der Waals surface area contributed by atoms with Gasteiger partial charge in [-0.2, -0.15) is 0 Å². The van der Waals surface area contributed by atoms with Crippen LogP contribution in [0.3, 0.4) is 0 Å². The maximum atomic E-state index is 5.65. The van der Waals surface area contributed by atoms with Crippen LogP contribution in [-0.2, 0) is 0 Å². The van der Waals surface area contributed by atoms with E-state index in [0.29, 0.717) is 6.61 Å². The molecule has 1 N–H and O–H groups in total. The van der Waals surface area contributed by atoms with Crippen LogP contribution in [0.4, 0.5) is 0 Å². The average molecular weight is 245 g/mol. The molecule has 3 heteroatoms. The molecular formula is C14H15NOS. The molecule has 0 amide bonds. The Hall–Kier alpha value is -1.45. The molecule has 0 bridgehead atoms. The van der Waals surface area contributed by atoms with Gasteiger partial charge in [0.05, 0.1) is 0 Å². The summed E-state index contributed by atoms with van der Waals surface area (Å²) in [6.07, 6.45) is 0. The molecule has 0 aliphatic carbocycles. The van der Waals surface area contributed by atoms with Gasteiger partial charge in [0.2, 0.25) is 0 Å². The topological polar surface area (TPSA) is 21.3 Å². The van der Waals surface area contributed by atoms with Gasteiger partial charge in [-0.05, 0) is 28.3 Å². The summed E-state index contributed by atoms with van der Waals surface area (Å²) in [6, 6.07) is 14.4. The molecule has 0 aliphatic heterocycles. The van der Waals surface area contributed by atoms with E-state index in [1.807, 2.05) is 18.2 Å². The Morgan fingerprint density at radius 1 is 1.18 bits per heavy atom. The molecule has 0 radical (unpaired) electrons. The van der Waals surface area contributed by atoms with Crippen LogP contribution in [0.15, 0.2) is 54.5 Å². The first kappa shape index (κ1) is 12.0. The van der Waals surface area contributed by atoms with Crippen molar-refractivity contribution in [2.45, 2.75) is 0 Å². The first-order valence-corrected chi connectivity index (χ1v) is 6.39. The van der Waals surface area contributed by atoms with Crippen LogP contribution in [0.25, 0.3) is 10.8 Å². The first-order chi connectivity index (χ1) is 8.40. The summed E-state index contributed by atoms with van der Waals surface area (Å²) in [5, 5.41) is 4.20. The van der Waals surface area contributed by atoms with E-state index in [2.05, 4.69) is 35.6 Å². The molecule has 0 aliphatic rings. The van der Waals surface area contributed by atoms with Crippen molar-refractivity contribution < 1.29 is 4.74 Å². The minimum atomic E-state index is 0.652. The van der Waals surface area contributed by atoms with E-state index in [0.717, 1.165) is 12.3 Å². The molecule has 0 spiro atoms. The Morgan fingerprint density at radius 2 is 2.00 bits per heavy atom. The van der Waals surface area contributed by atoms with Gasteiger partial charge in [-0.15, -0.1) is 0 Å². The Kier molecular flexibility index (Phi) is 4.47. The smallest absolute Gasteiger partial charge is 0.120 e. The van der Waals surface area contributed by atoms with Gasteiger partial charge in [0.15, 0.2) is 0 Å². The normalized spacial score (nSPS) is 10.4. The molecule has 0 fully saturated rings. The zero-order valence-corrected chi connectivity index (χ0v) is 10.4. The molecule has 2 aromatic carbocycles. The van der Waals surface area contributed by atoms with Gasteiger partial charge in [-0.25, -0.2) is 0 Å². The second-order valence-electron chi connectivity index (χ2n) is 3.54. The van der Waals surface area contributed by atoms with Gasteiger partial charge < -0.3 is 4.74 Å². The van der Waals surface area contributed by atoms with E-state index in [-0.39, 0.29) is 0 Å². The molecular weight excluding hydrogens is 230 g/mol. The van der Waals surface area contributed by atoms with Gasteiger partial charge in [0, 0.05) is 6.54 Å². The second-order valence-corrected chi connectivity index (χ2v) is 4.39. The summed E-state index contributed by atoms with van der Waals surface area (Å²) < 4.78 is 8.77. The lowest BCUT2D eigenvalue weighted by molar-refractivity contribution is 0.325. The summed E-state index contributed by atoms with van der Waals surface area (Å²) in [5.74, 6) is 0.911. The quantitative estimate of drug-likeness (QED) is 0.620. The average Bonchev–Trinajstić information content (AvgIpc) is 2.38. The largest absolute Gasteiger partial charge is 0.492 e. The predicted molar refractivity (Wildman–Crippen MR) is 75.2 cm³/mol. The monoisotopic (exact) mass is 245 g/mol. The zero-order chi connectivity index (χ0) is 11.9. The summed E-state index contributed by atoms with van der Waals surface area (Å²) in [6.45, 7) is 5.06. The highest BCUT2D eigenvalue weighted by Crippen LogP contribution is 2.20. The molecule has 0 saturated heterocycles. The lowest BCUT2D eigenvalue weighted by Crippen LogP contribution is -2.13. The summed E-state index contributed by atoms with van der Waals surface area (Å²) in [5.41, 5.74) is 0. The highest BCUT2D eigenvalue weighted by atomic mass is 32.2. The maximum absolute atomic E-state index is 5.65. The number of nitrogens with one attached hydrogen (secondary N) is 1. The molecule has 0 heterocycles. The molecule has 17 heavy (non-hydrogen) atoms. The lowest BCUT2D eigenvalue weighted by Gasteiger charge is -2.07. The third-order valence-corrected chi connectivity index (χ3v) is 2.90. The summed E-state index contributed by atoms with van der Waals surface area (Å²) in [7, 11) is 0. The van der Waals surface area contributed by atoms with Gasteiger partial charge in [0.25, 0.3) is 0 Å². The maximum Gasteiger partial charge on any atom is 0.120 e. The van der Waals surface area contributed by atoms with Crippen LogP contribution in [0.2, 0.25) is 0 Å². The van der Waals surface area contributed by atoms with Gasteiger partial charge in [-0.1, -0.05) is 48.9 Å². The Morgan fingerprint density at radius 3 is 2.82 bits per heavy atom. The number of hydrogen-bond donors (Lipinski definition) is 1. The van der Waals surface area contributed by atoms with E-state index in [9.17, 15) is 0 Å². The van der Waals surface area contributed by atoms with Crippen molar-refractivity contribution >= 4 is 22.7 Å². The van der Waals surface area contributed by atoms with E-state index in [1.165, 1.54) is 22.7 Å². The highest BCUT2D eigenvalue weighted by Gasteiger charge is 1.96. The second kappa shape index (κ2) is 6.33. The number of benzene rings is 2. The van der Waals surface area contributed by atoms with E-state index >= 15 is 0 Å². The van der Waals surface area contributed by atoms with Crippen LogP contribution in [0.1, 0.15) is 0 Å². The van der Waals surface area contributed by atoms with Crippen LogP contribution < -0.4 is 9.46 Å². The molecule has 88 valence electrons. The fraction of sp³-hybridized carbons (Fsp3) is 0.143. The van der Waals surface area contributed by atoms with Crippen molar-refractivity contribution in [1.29, 1.82) is 0 Å². The van der Waals surface area contributed by atoms with Crippen LogP contribution in [0.5, 0.6) is 5.75 Å². The molecule has 2 nitrogen and oxygen atoms in total. The molecule has 0 saturated carbocycles. The molecule has 2 rings (SSSR count). The number of fused-ring (bicyclic) bond motifs is 1. The Bertz CT molecular complexity index is 498.